The molecule has 25 heavy (non-hydrogen) atoms. The van der Waals surface area contributed by atoms with E-state index in [1.807, 2.05) is 42.6 Å². The van der Waals surface area contributed by atoms with Gasteiger partial charge in [-0.1, -0.05) is 36.4 Å². The first-order chi connectivity index (χ1) is 12.2. The minimum absolute atomic E-state index is 0.187. The first-order valence-electron chi connectivity index (χ1n) is 8.36. The first-order valence-corrected chi connectivity index (χ1v) is 8.36. The van der Waals surface area contributed by atoms with E-state index in [4.69, 9.17) is 0 Å². The molecule has 3 heterocycles. The third-order valence-electron chi connectivity index (χ3n) is 5.14. The molecule has 4 aromatic rings. The maximum absolute atomic E-state index is 11.7. The van der Waals surface area contributed by atoms with Gasteiger partial charge < -0.3 is 15.1 Å². The van der Waals surface area contributed by atoms with Crippen molar-refractivity contribution in [2.24, 2.45) is 0 Å². The number of aliphatic carboxylic acids is 1. The number of carbonyl (C=O) groups is 1. The second-order valence-corrected chi connectivity index (χ2v) is 6.55. The van der Waals surface area contributed by atoms with E-state index in [1.54, 1.807) is 0 Å². The molecule has 0 aliphatic carbocycles. The van der Waals surface area contributed by atoms with Gasteiger partial charge in [-0.2, -0.15) is 0 Å². The molecule has 4 N–H and O–H groups in total. The van der Waals surface area contributed by atoms with Crippen LogP contribution in [0.5, 0.6) is 0 Å². The van der Waals surface area contributed by atoms with Crippen molar-refractivity contribution >= 4 is 27.8 Å². The lowest BCUT2D eigenvalue weighted by Gasteiger charge is -2.29. The van der Waals surface area contributed by atoms with Crippen molar-refractivity contribution in [1.82, 2.24) is 15.3 Å². The molecule has 0 amide bonds. The number of aromatic nitrogens is 2. The highest BCUT2D eigenvalue weighted by Crippen LogP contribution is 2.37. The van der Waals surface area contributed by atoms with E-state index in [9.17, 15) is 9.90 Å². The highest BCUT2D eigenvalue weighted by Gasteiger charge is 2.34. The van der Waals surface area contributed by atoms with Crippen molar-refractivity contribution in [1.29, 1.82) is 0 Å². The molecule has 2 aromatic carbocycles. The second-order valence-electron chi connectivity index (χ2n) is 6.55. The van der Waals surface area contributed by atoms with E-state index in [0.717, 1.165) is 38.6 Å². The summed E-state index contributed by atoms with van der Waals surface area (Å²) in [6, 6.07) is 15.4. The van der Waals surface area contributed by atoms with Crippen molar-refractivity contribution in [3.63, 3.8) is 0 Å². The first kappa shape index (κ1) is 14.3. The lowest BCUT2D eigenvalue weighted by Crippen LogP contribution is -2.44. The molecule has 1 aliphatic rings. The van der Waals surface area contributed by atoms with E-state index in [1.165, 1.54) is 0 Å². The molecule has 5 rings (SSSR count). The minimum atomic E-state index is -0.819. The van der Waals surface area contributed by atoms with Crippen molar-refractivity contribution in [3.8, 4) is 0 Å². The van der Waals surface area contributed by atoms with E-state index in [0.29, 0.717) is 6.42 Å². The third kappa shape index (κ3) is 2.09. The number of hydrogen-bond acceptors (Lipinski definition) is 2. The molecule has 0 saturated heterocycles. The molecular weight excluding hydrogens is 314 g/mol. The van der Waals surface area contributed by atoms with Crippen LogP contribution in [0.3, 0.4) is 0 Å². The fourth-order valence-electron chi connectivity index (χ4n) is 3.97. The Morgan fingerprint density at radius 3 is 2.52 bits per heavy atom. The lowest BCUT2D eigenvalue weighted by atomic mass is 9.90. The molecule has 0 spiro atoms. The standard InChI is InChI=1S/C20H17N3O2/c24-20(25)17-9-13-11-5-2-4-8-16(11)22-18(13)19(23-17)14-10-21-15-7-3-1-6-12(14)15/h1-8,10,17,19,21-23H,9H2,(H,24,25). The molecule has 2 aromatic heterocycles. The number of hydrogen-bond donors (Lipinski definition) is 4. The summed E-state index contributed by atoms with van der Waals surface area (Å²) in [4.78, 5) is 18.5. The fourth-order valence-corrected chi connectivity index (χ4v) is 3.97. The summed E-state index contributed by atoms with van der Waals surface area (Å²) in [5.41, 5.74) is 5.31. The van der Waals surface area contributed by atoms with Crippen LogP contribution >= 0.6 is 0 Å². The number of nitrogens with one attached hydrogen (secondary N) is 3. The van der Waals surface area contributed by atoms with Gasteiger partial charge in [0, 0.05) is 45.7 Å². The molecule has 5 nitrogen and oxygen atoms in total. The van der Waals surface area contributed by atoms with E-state index in [2.05, 4.69) is 27.4 Å². The van der Waals surface area contributed by atoms with E-state index < -0.39 is 12.0 Å². The van der Waals surface area contributed by atoms with Gasteiger partial charge >= 0.3 is 5.97 Å². The molecule has 2 atom stereocenters. The Morgan fingerprint density at radius 1 is 1.00 bits per heavy atom. The second kappa shape index (κ2) is 5.22. The monoisotopic (exact) mass is 331 g/mol. The Balaban J connectivity index is 1.75. The van der Waals surface area contributed by atoms with E-state index >= 15 is 0 Å². The molecule has 0 bridgehead atoms. The van der Waals surface area contributed by atoms with Gasteiger partial charge in [0.2, 0.25) is 0 Å². The number of para-hydroxylation sites is 2. The number of fused-ring (bicyclic) bond motifs is 4. The fraction of sp³-hybridized carbons (Fsp3) is 0.150. The van der Waals surface area contributed by atoms with Crippen LogP contribution in [0.1, 0.15) is 22.9 Å². The number of carboxylic acid groups (broad SMARTS) is 1. The zero-order valence-electron chi connectivity index (χ0n) is 13.4. The Kier molecular flexibility index (Phi) is 2.99. The van der Waals surface area contributed by atoms with Gasteiger partial charge in [-0.25, -0.2) is 0 Å². The Bertz CT molecular complexity index is 1110. The van der Waals surface area contributed by atoms with Gasteiger partial charge in [0.15, 0.2) is 0 Å². The van der Waals surface area contributed by atoms with Gasteiger partial charge in [0.05, 0.1) is 6.04 Å². The highest BCUT2D eigenvalue weighted by atomic mass is 16.4. The molecular formula is C20H17N3O2. The molecule has 124 valence electrons. The maximum atomic E-state index is 11.7. The van der Waals surface area contributed by atoms with Crippen LogP contribution in [-0.4, -0.2) is 27.1 Å². The molecule has 1 aliphatic heterocycles. The maximum Gasteiger partial charge on any atom is 0.321 e. The number of benzene rings is 2. The van der Waals surface area contributed by atoms with Crippen LogP contribution in [-0.2, 0) is 11.2 Å². The van der Waals surface area contributed by atoms with Crippen LogP contribution in [0.2, 0.25) is 0 Å². The van der Waals surface area contributed by atoms with Gasteiger partial charge in [0.25, 0.3) is 0 Å². The smallest absolute Gasteiger partial charge is 0.321 e. The number of rotatable bonds is 2. The number of carboxylic acids is 1. The van der Waals surface area contributed by atoms with Crippen molar-refractivity contribution in [3.05, 3.63) is 71.5 Å². The van der Waals surface area contributed by atoms with Crippen LogP contribution in [0.4, 0.5) is 0 Å². The van der Waals surface area contributed by atoms with Crippen LogP contribution in [0, 0.1) is 0 Å². The topological polar surface area (TPSA) is 80.9 Å². The SMILES string of the molecule is O=C(O)C1Cc2c([nH]c3ccccc23)C(c2c[nH]c3ccccc23)N1. The third-order valence-corrected chi connectivity index (χ3v) is 5.14. The summed E-state index contributed by atoms with van der Waals surface area (Å²) in [5.74, 6) is -0.819. The van der Waals surface area contributed by atoms with Crippen LogP contribution in [0.15, 0.2) is 54.7 Å². The highest BCUT2D eigenvalue weighted by molar-refractivity contribution is 5.89. The summed E-state index contributed by atoms with van der Waals surface area (Å²) in [5, 5.41) is 15.1. The Morgan fingerprint density at radius 2 is 1.72 bits per heavy atom. The van der Waals surface area contributed by atoms with Gasteiger partial charge in [0.1, 0.15) is 6.04 Å². The molecule has 2 unspecified atom stereocenters. The quantitative estimate of drug-likeness (QED) is 0.455. The molecule has 0 fully saturated rings. The molecule has 5 heteroatoms. The van der Waals surface area contributed by atoms with Gasteiger partial charge in [-0.3, -0.25) is 10.1 Å². The van der Waals surface area contributed by atoms with Gasteiger partial charge in [-0.05, 0) is 17.7 Å². The van der Waals surface area contributed by atoms with Crippen molar-refractivity contribution in [2.75, 3.05) is 0 Å². The molecule has 0 saturated carbocycles. The Hall–Kier alpha value is -3.05. The predicted molar refractivity (Wildman–Crippen MR) is 96.7 cm³/mol. The minimum Gasteiger partial charge on any atom is -0.480 e. The summed E-state index contributed by atoms with van der Waals surface area (Å²) >= 11 is 0. The van der Waals surface area contributed by atoms with E-state index in [-0.39, 0.29) is 6.04 Å². The summed E-state index contributed by atoms with van der Waals surface area (Å²) in [7, 11) is 0. The molecule has 0 radical (unpaired) electrons. The van der Waals surface area contributed by atoms with Crippen LogP contribution in [0.25, 0.3) is 21.8 Å². The summed E-state index contributed by atoms with van der Waals surface area (Å²) < 4.78 is 0. The lowest BCUT2D eigenvalue weighted by molar-refractivity contribution is -0.139. The average molecular weight is 331 g/mol. The van der Waals surface area contributed by atoms with Gasteiger partial charge in [-0.15, -0.1) is 0 Å². The number of aromatic amines is 2. The van der Waals surface area contributed by atoms with Crippen LogP contribution < -0.4 is 5.32 Å². The normalized spacial score (nSPS) is 20.0. The van der Waals surface area contributed by atoms with Crippen molar-refractivity contribution in [2.45, 2.75) is 18.5 Å². The Labute approximate surface area is 143 Å². The summed E-state index contributed by atoms with van der Waals surface area (Å²) in [6.07, 6.45) is 2.45. The number of H-pyrrole nitrogens is 2. The largest absolute Gasteiger partial charge is 0.480 e. The zero-order valence-corrected chi connectivity index (χ0v) is 13.4. The average Bonchev–Trinajstić information content (AvgIpc) is 3.22. The summed E-state index contributed by atoms with van der Waals surface area (Å²) in [6.45, 7) is 0. The van der Waals surface area contributed by atoms with Crippen molar-refractivity contribution < 1.29 is 9.90 Å². The zero-order chi connectivity index (χ0) is 17.0. The predicted octanol–water partition coefficient (Wildman–Crippen LogP) is 3.34.